The van der Waals surface area contributed by atoms with Gasteiger partial charge in [0.15, 0.2) is 0 Å². The smallest absolute Gasteiger partial charge is 0.129 e. The molecule has 1 aromatic carbocycles. The molecule has 1 fully saturated rings. The Balaban J connectivity index is 2.37. The molecule has 112 valence electrons. The number of aryl methyl sites for hydroxylation is 1. The SMILES string of the molecule is Cc1cc(F)c(C(O)C2(CC(C)C)CCCC2)cc1F. The molecular weight excluding hydrogens is 258 g/mol. The van der Waals surface area contributed by atoms with E-state index in [0.29, 0.717) is 5.92 Å². The quantitative estimate of drug-likeness (QED) is 0.831. The molecule has 1 N–H and O–H groups in total. The molecule has 0 saturated heterocycles. The summed E-state index contributed by atoms with van der Waals surface area (Å²) in [6.45, 7) is 5.76. The predicted molar refractivity (Wildman–Crippen MR) is 76.4 cm³/mol. The van der Waals surface area contributed by atoms with E-state index in [2.05, 4.69) is 13.8 Å². The van der Waals surface area contributed by atoms with Crippen LogP contribution < -0.4 is 0 Å². The Bertz CT molecular complexity index is 476. The van der Waals surface area contributed by atoms with Crippen molar-refractivity contribution < 1.29 is 13.9 Å². The third-order valence-corrected chi connectivity index (χ3v) is 4.57. The van der Waals surface area contributed by atoms with Gasteiger partial charge in [0.05, 0.1) is 6.10 Å². The highest BCUT2D eigenvalue weighted by atomic mass is 19.1. The summed E-state index contributed by atoms with van der Waals surface area (Å²) in [7, 11) is 0. The summed E-state index contributed by atoms with van der Waals surface area (Å²) in [4.78, 5) is 0. The molecule has 1 unspecified atom stereocenters. The van der Waals surface area contributed by atoms with Gasteiger partial charge >= 0.3 is 0 Å². The Kier molecular flexibility index (Phi) is 4.48. The third kappa shape index (κ3) is 2.88. The molecule has 0 amide bonds. The number of halogens is 2. The van der Waals surface area contributed by atoms with Crippen molar-refractivity contribution in [2.45, 2.75) is 59.0 Å². The van der Waals surface area contributed by atoms with E-state index in [0.717, 1.165) is 32.1 Å². The molecule has 20 heavy (non-hydrogen) atoms. The summed E-state index contributed by atoms with van der Waals surface area (Å²) in [5.74, 6) is -0.509. The van der Waals surface area contributed by atoms with E-state index < -0.39 is 17.7 Å². The van der Waals surface area contributed by atoms with Gasteiger partial charge in [0.25, 0.3) is 0 Å². The van der Waals surface area contributed by atoms with Crippen molar-refractivity contribution in [3.05, 3.63) is 34.9 Å². The predicted octanol–water partition coefficient (Wildman–Crippen LogP) is 4.91. The average molecular weight is 282 g/mol. The second-order valence-electron chi connectivity index (χ2n) is 6.69. The molecule has 2 rings (SSSR count). The van der Waals surface area contributed by atoms with Gasteiger partial charge < -0.3 is 5.11 Å². The number of benzene rings is 1. The van der Waals surface area contributed by atoms with Crippen LogP contribution in [0.1, 0.15) is 63.2 Å². The third-order valence-electron chi connectivity index (χ3n) is 4.57. The minimum atomic E-state index is -0.914. The molecule has 1 nitrogen and oxygen atoms in total. The largest absolute Gasteiger partial charge is 0.388 e. The first-order valence-corrected chi connectivity index (χ1v) is 7.49. The Morgan fingerprint density at radius 3 is 2.30 bits per heavy atom. The number of hydrogen-bond donors (Lipinski definition) is 1. The zero-order valence-corrected chi connectivity index (χ0v) is 12.5. The number of aliphatic hydroxyl groups is 1. The van der Waals surface area contributed by atoms with Gasteiger partial charge in [0.1, 0.15) is 11.6 Å². The van der Waals surface area contributed by atoms with E-state index >= 15 is 0 Å². The van der Waals surface area contributed by atoms with E-state index in [1.807, 2.05) is 0 Å². The maximum absolute atomic E-state index is 14.1. The van der Waals surface area contributed by atoms with Crippen LogP contribution in [0.4, 0.5) is 8.78 Å². The van der Waals surface area contributed by atoms with Crippen LogP contribution in [0.5, 0.6) is 0 Å². The maximum Gasteiger partial charge on any atom is 0.129 e. The van der Waals surface area contributed by atoms with Crippen LogP contribution >= 0.6 is 0 Å². The summed E-state index contributed by atoms with van der Waals surface area (Å²) in [5.41, 5.74) is 0.106. The van der Waals surface area contributed by atoms with Gasteiger partial charge in [0.2, 0.25) is 0 Å². The van der Waals surface area contributed by atoms with Gasteiger partial charge in [-0.25, -0.2) is 8.78 Å². The molecule has 3 heteroatoms. The highest BCUT2D eigenvalue weighted by Crippen LogP contribution is 2.52. The first-order valence-electron chi connectivity index (χ1n) is 7.49. The van der Waals surface area contributed by atoms with E-state index in [1.54, 1.807) is 0 Å². The molecular formula is C17H24F2O. The van der Waals surface area contributed by atoms with Crippen molar-refractivity contribution in [2.75, 3.05) is 0 Å². The summed E-state index contributed by atoms with van der Waals surface area (Å²) in [5, 5.41) is 10.7. The van der Waals surface area contributed by atoms with Crippen LogP contribution in [0.2, 0.25) is 0 Å². The lowest BCUT2D eigenvalue weighted by atomic mass is 9.72. The van der Waals surface area contributed by atoms with E-state index in [1.165, 1.54) is 19.1 Å². The van der Waals surface area contributed by atoms with Crippen LogP contribution in [0.3, 0.4) is 0 Å². The lowest BCUT2D eigenvalue weighted by Crippen LogP contribution is -2.28. The standard InChI is InChI=1S/C17H24F2O/c1-11(2)10-17(6-4-5-7-17)16(20)13-9-14(18)12(3)8-15(13)19/h8-9,11,16,20H,4-7,10H2,1-3H3. The van der Waals surface area contributed by atoms with Gasteiger partial charge in [0, 0.05) is 11.0 Å². The molecule has 0 bridgehead atoms. The highest BCUT2D eigenvalue weighted by Gasteiger charge is 2.42. The minimum Gasteiger partial charge on any atom is -0.388 e. The molecule has 0 heterocycles. The van der Waals surface area contributed by atoms with Crippen molar-refractivity contribution in [1.82, 2.24) is 0 Å². The van der Waals surface area contributed by atoms with Crippen LogP contribution in [0, 0.1) is 29.9 Å². The zero-order valence-electron chi connectivity index (χ0n) is 12.5. The van der Waals surface area contributed by atoms with Crippen molar-refractivity contribution in [3.8, 4) is 0 Å². The molecule has 0 aromatic heterocycles. The van der Waals surface area contributed by atoms with E-state index in [9.17, 15) is 13.9 Å². The van der Waals surface area contributed by atoms with Crippen LogP contribution in [-0.2, 0) is 0 Å². The fourth-order valence-corrected chi connectivity index (χ4v) is 3.68. The first-order chi connectivity index (χ1) is 9.35. The molecule has 1 aliphatic carbocycles. The van der Waals surface area contributed by atoms with Crippen LogP contribution in [-0.4, -0.2) is 5.11 Å². The Hall–Kier alpha value is -0.960. The Morgan fingerprint density at radius 2 is 1.75 bits per heavy atom. The van der Waals surface area contributed by atoms with Crippen LogP contribution in [0.25, 0.3) is 0 Å². The molecule has 0 spiro atoms. The van der Waals surface area contributed by atoms with Gasteiger partial charge in [-0.1, -0.05) is 26.7 Å². The van der Waals surface area contributed by atoms with Gasteiger partial charge in [-0.05, 0) is 49.8 Å². The highest BCUT2D eigenvalue weighted by molar-refractivity contribution is 5.28. The number of rotatable bonds is 4. The van der Waals surface area contributed by atoms with Crippen molar-refractivity contribution >= 4 is 0 Å². The molecule has 1 atom stereocenters. The van der Waals surface area contributed by atoms with Gasteiger partial charge in [-0.3, -0.25) is 0 Å². The zero-order chi connectivity index (χ0) is 14.9. The molecule has 0 aliphatic heterocycles. The lowest BCUT2D eigenvalue weighted by molar-refractivity contribution is 0.00854. The minimum absolute atomic E-state index is 0.121. The fourth-order valence-electron chi connectivity index (χ4n) is 3.68. The molecule has 1 saturated carbocycles. The van der Waals surface area contributed by atoms with Crippen molar-refractivity contribution in [3.63, 3.8) is 0 Å². The molecule has 1 aromatic rings. The lowest BCUT2D eigenvalue weighted by Gasteiger charge is -2.36. The fraction of sp³-hybridized carbons (Fsp3) is 0.647. The van der Waals surface area contributed by atoms with Crippen molar-refractivity contribution in [2.24, 2.45) is 11.3 Å². The Labute approximate surface area is 120 Å². The summed E-state index contributed by atoms with van der Waals surface area (Å²) in [6, 6.07) is 2.36. The van der Waals surface area contributed by atoms with Gasteiger partial charge in [-0.2, -0.15) is 0 Å². The van der Waals surface area contributed by atoms with Crippen molar-refractivity contribution in [1.29, 1.82) is 0 Å². The summed E-state index contributed by atoms with van der Waals surface area (Å²) >= 11 is 0. The Morgan fingerprint density at radius 1 is 1.15 bits per heavy atom. The second-order valence-corrected chi connectivity index (χ2v) is 6.69. The van der Waals surface area contributed by atoms with E-state index in [-0.39, 0.29) is 16.5 Å². The summed E-state index contributed by atoms with van der Waals surface area (Å²) < 4.78 is 27.8. The van der Waals surface area contributed by atoms with E-state index in [4.69, 9.17) is 0 Å². The monoisotopic (exact) mass is 282 g/mol. The second kappa shape index (κ2) is 5.80. The maximum atomic E-state index is 14.1. The average Bonchev–Trinajstić information content (AvgIpc) is 2.81. The van der Waals surface area contributed by atoms with Crippen LogP contribution in [0.15, 0.2) is 12.1 Å². The normalized spacial score (nSPS) is 19.6. The number of hydrogen-bond acceptors (Lipinski definition) is 1. The molecule has 1 aliphatic rings. The number of aliphatic hydroxyl groups excluding tert-OH is 1. The summed E-state index contributed by atoms with van der Waals surface area (Å²) in [6.07, 6.45) is 3.83. The molecule has 0 radical (unpaired) electrons. The van der Waals surface area contributed by atoms with Gasteiger partial charge in [-0.15, -0.1) is 0 Å². The topological polar surface area (TPSA) is 20.2 Å². The first kappa shape index (κ1) is 15.4.